The summed E-state index contributed by atoms with van der Waals surface area (Å²) < 4.78 is 17.8. The molecule has 0 atom stereocenters. The molecule has 7 heteroatoms. The standard InChI is InChI=1S/C35H39N3O4/c1-35(2,3)42-34(39)38-22-20-37(21-23-38)24-27-14-16-30(17-15-27)31-18-19-32(40-25-28-10-6-4-7-11-28)36-33(31)41-26-29-12-8-5-9-13-29/h4-19H,20-26H2,1-3H3. The van der Waals surface area contributed by atoms with Crippen LogP contribution in [0.1, 0.15) is 37.5 Å². The molecular formula is C35H39N3O4. The number of aromatic nitrogens is 1. The molecule has 1 saturated heterocycles. The van der Waals surface area contributed by atoms with Crippen LogP contribution in [0.25, 0.3) is 11.1 Å². The number of piperazine rings is 1. The first-order chi connectivity index (χ1) is 20.3. The van der Waals surface area contributed by atoms with Gasteiger partial charge in [-0.25, -0.2) is 4.79 Å². The van der Waals surface area contributed by atoms with Gasteiger partial charge < -0.3 is 19.1 Å². The van der Waals surface area contributed by atoms with Crippen molar-refractivity contribution < 1.29 is 19.0 Å². The van der Waals surface area contributed by atoms with E-state index in [1.54, 1.807) is 4.90 Å². The number of hydrogen-bond donors (Lipinski definition) is 0. The maximum Gasteiger partial charge on any atom is 0.410 e. The predicted molar refractivity (Wildman–Crippen MR) is 164 cm³/mol. The van der Waals surface area contributed by atoms with Crippen LogP contribution in [0.4, 0.5) is 4.79 Å². The number of nitrogens with zero attached hydrogens (tertiary/aromatic N) is 3. The second-order valence-electron chi connectivity index (χ2n) is 11.5. The molecule has 2 heterocycles. The Morgan fingerprint density at radius 1 is 0.714 bits per heavy atom. The van der Waals surface area contributed by atoms with Crippen LogP contribution in [0.15, 0.2) is 97.1 Å². The van der Waals surface area contributed by atoms with Crippen LogP contribution in [0.3, 0.4) is 0 Å². The van der Waals surface area contributed by atoms with Crippen molar-refractivity contribution in [1.82, 2.24) is 14.8 Å². The van der Waals surface area contributed by atoms with Crippen LogP contribution in [0.5, 0.6) is 11.8 Å². The number of amides is 1. The molecule has 7 nitrogen and oxygen atoms in total. The Kier molecular flexibility index (Phi) is 9.39. The van der Waals surface area contributed by atoms with Gasteiger partial charge in [-0.1, -0.05) is 84.9 Å². The summed E-state index contributed by atoms with van der Waals surface area (Å²) >= 11 is 0. The predicted octanol–water partition coefficient (Wildman–Crippen LogP) is 6.96. The maximum atomic E-state index is 12.4. The van der Waals surface area contributed by atoms with E-state index in [2.05, 4.69) is 29.2 Å². The van der Waals surface area contributed by atoms with E-state index in [0.717, 1.165) is 41.9 Å². The number of carbonyl (C=O) groups excluding carboxylic acids is 1. The van der Waals surface area contributed by atoms with E-state index < -0.39 is 5.60 Å². The summed E-state index contributed by atoms with van der Waals surface area (Å²) in [7, 11) is 0. The van der Waals surface area contributed by atoms with Gasteiger partial charge in [0.25, 0.3) is 0 Å². The molecule has 0 bridgehead atoms. The molecular weight excluding hydrogens is 526 g/mol. The van der Waals surface area contributed by atoms with Crippen molar-refractivity contribution >= 4 is 6.09 Å². The number of ether oxygens (including phenoxy) is 3. The summed E-state index contributed by atoms with van der Waals surface area (Å²) in [6.45, 7) is 10.3. The summed E-state index contributed by atoms with van der Waals surface area (Å²) in [5.41, 5.74) is 4.83. The summed E-state index contributed by atoms with van der Waals surface area (Å²) in [5.74, 6) is 1.06. The number of hydrogen-bond acceptors (Lipinski definition) is 6. The molecule has 0 radical (unpaired) electrons. The Bertz CT molecular complexity index is 1430. The highest BCUT2D eigenvalue weighted by molar-refractivity contribution is 5.69. The summed E-state index contributed by atoms with van der Waals surface area (Å²) in [5, 5.41) is 0. The minimum Gasteiger partial charge on any atom is -0.473 e. The molecule has 1 fully saturated rings. The second kappa shape index (κ2) is 13.5. The monoisotopic (exact) mass is 565 g/mol. The average molecular weight is 566 g/mol. The Labute approximate surface area is 248 Å². The number of rotatable bonds is 9. The molecule has 1 aliphatic rings. The zero-order valence-corrected chi connectivity index (χ0v) is 24.7. The quantitative estimate of drug-likeness (QED) is 0.219. The Hall–Kier alpha value is -4.36. The minimum absolute atomic E-state index is 0.234. The average Bonchev–Trinajstić information content (AvgIpc) is 3.00. The lowest BCUT2D eigenvalue weighted by Crippen LogP contribution is -2.49. The third-order valence-electron chi connectivity index (χ3n) is 6.98. The Morgan fingerprint density at radius 3 is 1.90 bits per heavy atom. The smallest absolute Gasteiger partial charge is 0.410 e. The molecule has 4 aromatic rings. The van der Waals surface area contributed by atoms with Crippen LogP contribution in [0, 0.1) is 0 Å². The first-order valence-corrected chi connectivity index (χ1v) is 14.5. The minimum atomic E-state index is -0.479. The third kappa shape index (κ3) is 8.33. The van der Waals surface area contributed by atoms with Crippen LogP contribution in [0.2, 0.25) is 0 Å². The van der Waals surface area contributed by atoms with E-state index in [1.807, 2.05) is 93.6 Å². The van der Waals surface area contributed by atoms with E-state index in [4.69, 9.17) is 19.2 Å². The first-order valence-electron chi connectivity index (χ1n) is 14.5. The largest absolute Gasteiger partial charge is 0.473 e. The third-order valence-corrected chi connectivity index (χ3v) is 6.98. The molecule has 42 heavy (non-hydrogen) atoms. The van der Waals surface area contributed by atoms with Gasteiger partial charge in [-0.05, 0) is 49.1 Å². The van der Waals surface area contributed by atoms with Gasteiger partial charge in [0.15, 0.2) is 0 Å². The van der Waals surface area contributed by atoms with Crippen LogP contribution in [-0.2, 0) is 24.5 Å². The van der Waals surface area contributed by atoms with Crippen molar-refractivity contribution in [3.63, 3.8) is 0 Å². The van der Waals surface area contributed by atoms with E-state index in [1.165, 1.54) is 5.56 Å². The van der Waals surface area contributed by atoms with Crippen LogP contribution >= 0.6 is 0 Å². The van der Waals surface area contributed by atoms with Gasteiger partial charge in [-0.2, -0.15) is 4.98 Å². The van der Waals surface area contributed by atoms with Crippen molar-refractivity contribution in [2.75, 3.05) is 26.2 Å². The van der Waals surface area contributed by atoms with Crippen molar-refractivity contribution in [2.24, 2.45) is 0 Å². The van der Waals surface area contributed by atoms with E-state index in [0.29, 0.717) is 38.1 Å². The van der Waals surface area contributed by atoms with Gasteiger partial charge in [0.1, 0.15) is 18.8 Å². The maximum absolute atomic E-state index is 12.4. The second-order valence-corrected chi connectivity index (χ2v) is 11.5. The lowest BCUT2D eigenvalue weighted by atomic mass is 10.0. The SMILES string of the molecule is CC(C)(C)OC(=O)N1CCN(Cc2ccc(-c3ccc(OCc4ccccc4)nc3OCc3ccccc3)cc2)CC1. The fourth-order valence-electron chi connectivity index (χ4n) is 4.75. The van der Waals surface area contributed by atoms with E-state index in [-0.39, 0.29) is 6.09 Å². The van der Waals surface area contributed by atoms with Gasteiger partial charge in [-0.3, -0.25) is 4.90 Å². The molecule has 0 saturated carbocycles. The molecule has 0 aliphatic carbocycles. The topological polar surface area (TPSA) is 64.1 Å². The number of carbonyl (C=O) groups is 1. The Balaban J connectivity index is 1.24. The lowest BCUT2D eigenvalue weighted by molar-refractivity contribution is 0.0139. The van der Waals surface area contributed by atoms with Crippen LogP contribution in [-0.4, -0.2) is 52.7 Å². The fraction of sp³-hybridized carbons (Fsp3) is 0.314. The molecule has 3 aromatic carbocycles. The first kappa shape index (κ1) is 29.1. The zero-order chi connectivity index (χ0) is 29.4. The highest BCUT2D eigenvalue weighted by atomic mass is 16.6. The van der Waals surface area contributed by atoms with Gasteiger partial charge in [0, 0.05) is 44.4 Å². The van der Waals surface area contributed by atoms with Crippen molar-refractivity contribution in [1.29, 1.82) is 0 Å². The molecule has 0 spiro atoms. The lowest BCUT2D eigenvalue weighted by Gasteiger charge is -2.35. The summed E-state index contributed by atoms with van der Waals surface area (Å²) in [4.78, 5) is 21.3. The van der Waals surface area contributed by atoms with E-state index in [9.17, 15) is 4.79 Å². The fourth-order valence-corrected chi connectivity index (χ4v) is 4.75. The molecule has 0 N–H and O–H groups in total. The number of pyridine rings is 1. The van der Waals surface area contributed by atoms with E-state index >= 15 is 0 Å². The van der Waals surface area contributed by atoms with Gasteiger partial charge in [-0.15, -0.1) is 0 Å². The van der Waals surface area contributed by atoms with Crippen molar-refractivity contribution in [3.05, 3.63) is 114 Å². The van der Waals surface area contributed by atoms with Gasteiger partial charge in [0.05, 0.1) is 0 Å². The molecule has 0 unspecified atom stereocenters. The molecule has 218 valence electrons. The molecule has 1 amide bonds. The summed E-state index contributed by atoms with van der Waals surface area (Å²) in [6, 6.07) is 32.6. The summed E-state index contributed by atoms with van der Waals surface area (Å²) in [6.07, 6.45) is -0.234. The van der Waals surface area contributed by atoms with Gasteiger partial charge in [0.2, 0.25) is 11.8 Å². The normalized spacial score (nSPS) is 13.9. The van der Waals surface area contributed by atoms with Crippen LogP contribution < -0.4 is 9.47 Å². The highest BCUT2D eigenvalue weighted by Crippen LogP contribution is 2.32. The van der Waals surface area contributed by atoms with Crippen molar-refractivity contribution in [3.8, 4) is 22.9 Å². The number of benzene rings is 3. The van der Waals surface area contributed by atoms with Gasteiger partial charge >= 0.3 is 6.09 Å². The Morgan fingerprint density at radius 2 is 1.31 bits per heavy atom. The molecule has 5 rings (SSSR count). The molecule has 1 aromatic heterocycles. The zero-order valence-electron chi connectivity index (χ0n) is 24.7. The molecule has 1 aliphatic heterocycles. The van der Waals surface area contributed by atoms with Crippen molar-refractivity contribution in [2.45, 2.75) is 46.1 Å². The highest BCUT2D eigenvalue weighted by Gasteiger charge is 2.25.